The van der Waals surface area contributed by atoms with Gasteiger partial charge in [0.15, 0.2) is 0 Å². The molecule has 0 bridgehead atoms. The summed E-state index contributed by atoms with van der Waals surface area (Å²) in [4.78, 5) is 10.9. The third kappa shape index (κ3) is 2.16. The molecule has 0 N–H and O–H groups in total. The van der Waals surface area contributed by atoms with Crippen LogP contribution in [0.2, 0.25) is 0 Å². The van der Waals surface area contributed by atoms with Crippen LogP contribution in [0, 0.1) is 5.92 Å². The van der Waals surface area contributed by atoms with E-state index >= 15 is 0 Å². The minimum absolute atomic E-state index is 0.116. The summed E-state index contributed by atoms with van der Waals surface area (Å²) in [7, 11) is 1.67. The number of hydrogen-bond acceptors (Lipinski definition) is 2. The van der Waals surface area contributed by atoms with Gasteiger partial charge in [-0.15, -0.1) is 0 Å². The Balaban J connectivity index is 2.31. The van der Waals surface area contributed by atoms with Gasteiger partial charge in [-0.05, 0) is 25.3 Å². The van der Waals surface area contributed by atoms with E-state index < -0.39 is 0 Å². The summed E-state index contributed by atoms with van der Waals surface area (Å²) in [6, 6.07) is 7.90. The monoisotopic (exact) mass is 216 g/mol. The topological polar surface area (TPSA) is 26.3 Å². The lowest BCUT2D eigenvalue weighted by atomic mass is 10.0. The highest BCUT2D eigenvalue weighted by atomic mass is 16.5. The number of benzene rings is 1. The molecular weight excluding hydrogens is 200 g/mol. The predicted molar refractivity (Wildman–Crippen MR) is 64.4 cm³/mol. The van der Waals surface area contributed by atoms with Crippen molar-refractivity contribution < 1.29 is 9.53 Å². The van der Waals surface area contributed by atoms with Crippen molar-refractivity contribution in [1.29, 1.82) is 0 Å². The third-order valence-corrected chi connectivity index (χ3v) is 3.10. The van der Waals surface area contributed by atoms with Crippen LogP contribution >= 0.6 is 0 Å². The van der Waals surface area contributed by atoms with Crippen molar-refractivity contribution in [3.05, 3.63) is 35.4 Å². The Morgan fingerprint density at radius 1 is 1.38 bits per heavy atom. The van der Waals surface area contributed by atoms with Gasteiger partial charge in [-0.3, -0.25) is 0 Å². The van der Waals surface area contributed by atoms with Crippen molar-refractivity contribution in [3.63, 3.8) is 0 Å². The molecule has 1 aromatic rings. The molecule has 0 heterocycles. The van der Waals surface area contributed by atoms with Gasteiger partial charge in [-0.2, -0.15) is 0 Å². The first-order chi connectivity index (χ1) is 7.85. The molecule has 1 aliphatic rings. The van der Waals surface area contributed by atoms with Crippen LogP contribution in [0.15, 0.2) is 29.8 Å². The summed E-state index contributed by atoms with van der Waals surface area (Å²) < 4.78 is 5.29. The fraction of sp³-hybridized carbons (Fsp3) is 0.357. The first-order valence-electron chi connectivity index (χ1n) is 5.64. The van der Waals surface area contributed by atoms with Crippen LogP contribution in [-0.2, 0) is 4.79 Å². The molecule has 84 valence electrons. The van der Waals surface area contributed by atoms with E-state index in [9.17, 15) is 4.79 Å². The second kappa shape index (κ2) is 4.97. The van der Waals surface area contributed by atoms with Crippen molar-refractivity contribution in [2.24, 2.45) is 5.92 Å². The van der Waals surface area contributed by atoms with Crippen LogP contribution in [-0.4, -0.2) is 13.4 Å². The molecule has 0 amide bonds. The van der Waals surface area contributed by atoms with E-state index in [1.165, 1.54) is 5.57 Å². The molecule has 1 saturated carbocycles. The summed E-state index contributed by atoms with van der Waals surface area (Å²) in [5.74, 6) is 0.983. The number of carbonyl (C=O) groups excluding carboxylic acids is 1. The number of ether oxygens (including phenoxy) is 1. The number of carbonyl (C=O) groups is 1. The maximum Gasteiger partial charge on any atom is 0.127 e. The molecule has 1 aromatic carbocycles. The smallest absolute Gasteiger partial charge is 0.127 e. The molecule has 0 aromatic heterocycles. The van der Waals surface area contributed by atoms with E-state index in [0.717, 1.165) is 36.9 Å². The molecule has 0 spiro atoms. The Labute approximate surface area is 95.9 Å². The van der Waals surface area contributed by atoms with Crippen molar-refractivity contribution in [1.82, 2.24) is 0 Å². The normalized spacial score (nSPS) is 22.3. The Bertz CT molecular complexity index is 407. The maximum atomic E-state index is 10.9. The second-order valence-corrected chi connectivity index (χ2v) is 4.10. The zero-order valence-electron chi connectivity index (χ0n) is 9.48. The van der Waals surface area contributed by atoms with Crippen LogP contribution in [0.4, 0.5) is 0 Å². The first-order valence-corrected chi connectivity index (χ1v) is 5.64. The fourth-order valence-corrected chi connectivity index (χ4v) is 2.22. The maximum absolute atomic E-state index is 10.9. The summed E-state index contributed by atoms with van der Waals surface area (Å²) in [6.07, 6.45) is 6.30. The SMILES string of the molecule is COc1ccccc1C=C1CCCC1C=O. The lowest BCUT2D eigenvalue weighted by Crippen LogP contribution is -1.97. The Kier molecular flexibility index (Phi) is 3.40. The molecular formula is C14H16O2. The Morgan fingerprint density at radius 2 is 2.19 bits per heavy atom. The minimum Gasteiger partial charge on any atom is -0.496 e. The first kappa shape index (κ1) is 10.9. The standard InChI is InChI=1S/C14H16O2/c1-16-14-8-3-2-5-12(14)9-11-6-4-7-13(11)10-15/h2-3,5,8-10,13H,4,6-7H2,1H3. The molecule has 2 heteroatoms. The number of aldehydes is 1. The van der Waals surface area contributed by atoms with Gasteiger partial charge in [0.25, 0.3) is 0 Å². The molecule has 1 atom stereocenters. The van der Waals surface area contributed by atoms with E-state index in [1.54, 1.807) is 7.11 Å². The highest BCUT2D eigenvalue weighted by molar-refractivity contribution is 5.68. The van der Waals surface area contributed by atoms with Gasteiger partial charge >= 0.3 is 0 Å². The number of para-hydroxylation sites is 1. The van der Waals surface area contributed by atoms with E-state index in [4.69, 9.17) is 4.74 Å². The molecule has 2 nitrogen and oxygen atoms in total. The average Bonchev–Trinajstić information content (AvgIpc) is 2.77. The van der Waals surface area contributed by atoms with Crippen LogP contribution < -0.4 is 4.74 Å². The second-order valence-electron chi connectivity index (χ2n) is 4.10. The predicted octanol–water partition coefficient (Wildman–Crippen LogP) is 3.08. The summed E-state index contributed by atoms with van der Waals surface area (Å²) in [5.41, 5.74) is 2.30. The molecule has 0 saturated heterocycles. The van der Waals surface area contributed by atoms with Gasteiger partial charge < -0.3 is 9.53 Å². The summed E-state index contributed by atoms with van der Waals surface area (Å²) >= 11 is 0. The van der Waals surface area contributed by atoms with Gasteiger partial charge in [0.05, 0.1) is 7.11 Å². The van der Waals surface area contributed by atoms with Gasteiger partial charge in [-0.1, -0.05) is 29.8 Å². The number of allylic oxidation sites excluding steroid dienone is 1. The van der Waals surface area contributed by atoms with Crippen molar-refractivity contribution >= 4 is 12.4 Å². The van der Waals surface area contributed by atoms with Gasteiger partial charge in [0.1, 0.15) is 12.0 Å². The quantitative estimate of drug-likeness (QED) is 0.726. The Morgan fingerprint density at radius 3 is 2.94 bits per heavy atom. The highest BCUT2D eigenvalue weighted by Crippen LogP contribution is 2.32. The van der Waals surface area contributed by atoms with Crippen LogP contribution in [0.1, 0.15) is 24.8 Å². The number of hydrogen-bond donors (Lipinski definition) is 0. The van der Waals surface area contributed by atoms with Crippen molar-refractivity contribution in [2.45, 2.75) is 19.3 Å². The van der Waals surface area contributed by atoms with Gasteiger partial charge in [0.2, 0.25) is 0 Å². The van der Waals surface area contributed by atoms with E-state index in [1.807, 2.05) is 24.3 Å². The molecule has 0 aliphatic heterocycles. The fourth-order valence-electron chi connectivity index (χ4n) is 2.22. The highest BCUT2D eigenvalue weighted by Gasteiger charge is 2.20. The average molecular weight is 216 g/mol. The van der Waals surface area contributed by atoms with E-state index in [-0.39, 0.29) is 5.92 Å². The number of rotatable bonds is 3. The lowest BCUT2D eigenvalue weighted by molar-refractivity contribution is -0.110. The summed E-state index contributed by atoms with van der Waals surface area (Å²) in [6.45, 7) is 0. The molecule has 0 radical (unpaired) electrons. The zero-order chi connectivity index (χ0) is 11.4. The van der Waals surface area contributed by atoms with E-state index in [0.29, 0.717) is 0 Å². The third-order valence-electron chi connectivity index (χ3n) is 3.10. The molecule has 16 heavy (non-hydrogen) atoms. The van der Waals surface area contributed by atoms with Gasteiger partial charge in [-0.25, -0.2) is 0 Å². The van der Waals surface area contributed by atoms with Crippen molar-refractivity contribution in [3.8, 4) is 5.75 Å². The molecule has 2 rings (SSSR count). The minimum atomic E-state index is 0.116. The van der Waals surface area contributed by atoms with Crippen LogP contribution in [0.5, 0.6) is 5.75 Å². The molecule has 1 fully saturated rings. The van der Waals surface area contributed by atoms with Crippen molar-refractivity contribution in [2.75, 3.05) is 7.11 Å². The molecule has 1 aliphatic carbocycles. The molecule has 1 unspecified atom stereocenters. The van der Waals surface area contributed by atoms with Gasteiger partial charge in [0, 0.05) is 11.5 Å². The Hall–Kier alpha value is -1.57. The largest absolute Gasteiger partial charge is 0.496 e. The van der Waals surface area contributed by atoms with Crippen LogP contribution in [0.25, 0.3) is 6.08 Å². The van der Waals surface area contributed by atoms with Crippen LogP contribution in [0.3, 0.4) is 0 Å². The van der Waals surface area contributed by atoms with E-state index in [2.05, 4.69) is 6.08 Å². The summed E-state index contributed by atoms with van der Waals surface area (Å²) in [5, 5.41) is 0. The lowest BCUT2D eigenvalue weighted by Gasteiger charge is -2.07. The number of methoxy groups -OCH3 is 1. The zero-order valence-corrected chi connectivity index (χ0v) is 9.48.